The lowest BCUT2D eigenvalue weighted by molar-refractivity contribution is 0.676. The van der Waals surface area contributed by atoms with Crippen molar-refractivity contribution in [1.82, 2.24) is 0 Å². The van der Waals surface area contributed by atoms with E-state index < -0.39 is 0 Å². The van der Waals surface area contributed by atoms with Crippen LogP contribution in [0.25, 0.3) is 0 Å². The maximum Gasteiger partial charge on any atom is -0.0326 e. The molecule has 0 aromatic heterocycles. The summed E-state index contributed by atoms with van der Waals surface area (Å²) in [7, 11) is 0.400. The van der Waals surface area contributed by atoms with Crippen LogP contribution in [0.5, 0.6) is 0 Å². The fraction of sp³-hybridized carbons (Fsp3) is 0.857. The number of hydrogen-bond acceptors (Lipinski definition) is 0. The van der Waals surface area contributed by atoms with Crippen LogP contribution in [0.3, 0.4) is 0 Å². The highest BCUT2D eigenvalue weighted by Crippen LogP contribution is 2.35. The summed E-state index contributed by atoms with van der Waals surface area (Å²) in [4.78, 5) is 0. The smallest absolute Gasteiger partial charge is 0.0326 e. The van der Waals surface area contributed by atoms with Gasteiger partial charge >= 0.3 is 0 Å². The Hall–Kier alpha value is 0.170. The Morgan fingerprint density at radius 2 is 1.47 bits per heavy atom. The van der Waals surface area contributed by atoms with Crippen molar-refractivity contribution < 1.29 is 0 Å². The fourth-order valence-corrected chi connectivity index (χ4v) is 3.53. The van der Waals surface area contributed by atoms with Crippen LogP contribution in [-0.4, -0.2) is 18.5 Å². The molecule has 0 aromatic carbocycles. The third kappa shape index (κ3) is 10.5. The number of allylic oxidation sites excluding steroid dienone is 2. The molecular weight excluding hydrogens is 199 g/mol. The molecule has 0 saturated carbocycles. The average Bonchev–Trinajstić information content (AvgIpc) is 2.27. The van der Waals surface area contributed by atoms with Gasteiger partial charge in [-0.1, -0.05) is 45.8 Å². The normalized spacial score (nSPS) is 11.7. The molecule has 0 unspecified atom stereocenters. The minimum Gasteiger partial charge on any atom is -0.107 e. The number of hydrogen-bond donors (Lipinski definition) is 0. The largest absolute Gasteiger partial charge is 0.107 e. The van der Waals surface area contributed by atoms with Gasteiger partial charge in [0.2, 0.25) is 0 Å². The zero-order valence-corrected chi connectivity index (χ0v) is 11.9. The first-order chi connectivity index (χ1) is 7.35. The second-order valence-corrected chi connectivity index (χ2v) is 7.16. The van der Waals surface area contributed by atoms with Crippen LogP contribution in [0, 0.1) is 0 Å². The van der Waals surface area contributed by atoms with Gasteiger partial charge in [-0.3, -0.25) is 0 Å². The second kappa shape index (κ2) is 12.2. The highest BCUT2D eigenvalue weighted by Gasteiger charge is 2.00. The van der Waals surface area contributed by atoms with Crippen LogP contribution < -0.4 is 0 Å². The van der Waals surface area contributed by atoms with Gasteiger partial charge in [-0.05, 0) is 44.2 Å². The lowest BCUT2D eigenvalue weighted by atomic mass is 10.1. The Bertz CT molecular complexity index is 136. The van der Waals surface area contributed by atoms with Crippen LogP contribution in [0.4, 0.5) is 0 Å². The molecule has 0 heterocycles. The molecule has 0 N–H and O–H groups in total. The summed E-state index contributed by atoms with van der Waals surface area (Å²) < 4.78 is 0. The predicted octanol–water partition coefficient (Wildman–Crippen LogP) is 5.42. The summed E-state index contributed by atoms with van der Waals surface area (Å²) in [6, 6.07) is 0. The first-order valence-corrected chi connectivity index (χ1v) is 8.62. The van der Waals surface area contributed by atoms with Gasteiger partial charge in [-0.25, -0.2) is 0 Å². The molecule has 0 bridgehead atoms. The summed E-state index contributed by atoms with van der Waals surface area (Å²) in [5.74, 6) is 0. The zero-order valence-electron chi connectivity index (χ0n) is 11.0. The van der Waals surface area contributed by atoms with Gasteiger partial charge in [-0.2, -0.15) is 0 Å². The molecule has 1 heteroatoms. The lowest BCUT2D eigenvalue weighted by Crippen LogP contribution is -1.90. The summed E-state index contributed by atoms with van der Waals surface area (Å²) >= 11 is 0. The molecule has 0 nitrogen and oxygen atoms in total. The van der Waals surface area contributed by atoms with E-state index in [1.807, 2.05) is 0 Å². The van der Waals surface area contributed by atoms with Crippen LogP contribution in [-0.2, 0) is 0 Å². The van der Waals surface area contributed by atoms with Gasteiger partial charge in [0.1, 0.15) is 0 Å². The Balaban J connectivity index is 3.13. The first-order valence-electron chi connectivity index (χ1n) is 6.72. The van der Waals surface area contributed by atoms with Crippen molar-refractivity contribution in [3.05, 3.63) is 12.2 Å². The van der Waals surface area contributed by atoms with Crippen molar-refractivity contribution in [1.29, 1.82) is 0 Å². The van der Waals surface area contributed by atoms with Crippen molar-refractivity contribution in [2.24, 2.45) is 0 Å². The lowest BCUT2D eigenvalue weighted by Gasteiger charge is -2.12. The summed E-state index contributed by atoms with van der Waals surface area (Å²) in [5.41, 5.74) is 0. The van der Waals surface area contributed by atoms with Gasteiger partial charge in [0, 0.05) is 0 Å². The van der Waals surface area contributed by atoms with Gasteiger partial charge in [0.25, 0.3) is 0 Å². The van der Waals surface area contributed by atoms with Gasteiger partial charge < -0.3 is 0 Å². The maximum absolute atomic E-state index is 2.35. The Labute approximate surface area is 98.3 Å². The SMILES string of the molecule is CCC=CCCCCCCP(CC)CC. The van der Waals surface area contributed by atoms with Crippen LogP contribution in [0.15, 0.2) is 12.2 Å². The van der Waals surface area contributed by atoms with Crippen molar-refractivity contribution in [3.63, 3.8) is 0 Å². The molecule has 0 aliphatic carbocycles. The third-order valence-electron chi connectivity index (χ3n) is 2.89. The van der Waals surface area contributed by atoms with E-state index in [0.29, 0.717) is 7.92 Å². The van der Waals surface area contributed by atoms with Crippen molar-refractivity contribution in [2.45, 2.75) is 59.3 Å². The molecule has 0 amide bonds. The molecule has 0 radical (unpaired) electrons. The summed E-state index contributed by atoms with van der Waals surface area (Å²) in [6.45, 7) is 6.91. The molecule has 0 fully saturated rings. The van der Waals surface area contributed by atoms with Crippen LogP contribution >= 0.6 is 7.92 Å². The molecule has 0 rings (SSSR count). The van der Waals surface area contributed by atoms with E-state index in [4.69, 9.17) is 0 Å². The molecule has 90 valence electrons. The fourth-order valence-electron chi connectivity index (χ4n) is 1.78. The van der Waals surface area contributed by atoms with Gasteiger partial charge in [0.05, 0.1) is 0 Å². The molecule has 0 atom stereocenters. The van der Waals surface area contributed by atoms with E-state index >= 15 is 0 Å². The molecule has 0 saturated heterocycles. The summed E-state index contributed by atoms with van der Waals surface area (Å²) in [5, 5.41) is 0. The topological polar surface area (TPSA) is 0 Å². The Morgan fingerprint density at radius 3 is 2.07 bits per heavy atom. The van der Waals surface area contributed by atoms with E-state index in [2.05, 4.69) is 32.9 Å². The van der Waals surface area contributed by atoms with E-state index in [9.17, 15) is 0 Å². The molecular formula is C14H29P. The van der Waals surface area contributed by atoms with Crippen molar-refractivity contribution >= 4 is 7.92 Å². The van der Waals surface area contributed by atoms with E-state index in [0.717, 1.165) is 0 Å². The minimum atomic E-state index is 0.400. The van der Waals surface area contributed by atoms with Gasteiger partial charge in [-0.15, -0.1) is 7.92 Å². The summed E-state index contributed by atoms with van der Waals surface area (Å²) in [6.07, 6.45) is 17.3. The molecule has 15 heavy (non-hydrogen) atoms. The van der Waals surface area contributed by atoms with E-state index in [1.54, 1.807) is 0 Å². The predicted molar refractivity (Wildman–Crippen MR) is 75.4 cm³/mol. The molecule has 0 spiro atoms. The zero-order chi connectivity index (χ0) is 11.4. The number of unbranched alkanes of at least 4 members (excludes halogenated alkanes) is 4. The van der Waals surface area contributed by atoms with E-state index in [-0.39, 0.29) is 0 Å². The Kier molecular flexibility index (Phi) is 12.4. The molecule has 0 aromatic rings. The third-order valence-corrected chi connectivity index (χ3v) is 5.63. The minimum absolute atomic E-state index is 0.400. The van der Waals surface area contributed by atoms with E-state index in [1.165, 1.54) is 57.0 Å². The van der Waals surface area contributed by atoms with Crippen LogP contribution in [0.1, 0.15) is 59.3 Å². The number of rotatable bonds is 10. The average molecular weight is 228 g/mol. The molecule has 0 aliphatic rings. The van der Waals surface area contributed by atoms with Crippen LogP contribution in [0.2, 0.25) is 0 Å². The van der Waals surface area contributed by atoms with Crippen molar-refractivity contribution in [2.75, 3.05) is 18.5 Å². The quantitative estimate of drug-likeness (QED) is 0.266. The second-order valence-electron chi connectivity index (χ2n) is 4.11. The maximum atomic E-state index is 2.35. The standard InChI is InChI=1S/C14H29P/c1-4-7-8-9-10-11-12-13-14-15(5-2)6-3/h7-8H,4-6,9-14H2,1-3H3. The van der Waals surface area contributed by atoms with Gasteiger partial charge in [0.15, 0.2) is 0 Å². The highest BCUT2D eigenvalue weighted by atomic mass is 31.1. The first kappa shape index (κ1) is 15.2. The Morgan fingerprint density at radius 1 is 0.800 bits per heavy atom. The molecule has 0 aliphatic heterocycles. The monoisotopic (exact) mass is 228 g/mol. The van der Waals surface area contributed by atoms with Crippen molar-refractivity contribution in [3.8, 4) is 0 Å². The highest BCUT2D eigenvalue weighted by molar-refractivity contribution is 7.57.